The van der Waals surface area contributed by atoms with Crippen molar-refractivity contribution >= 4 is 11.9 Å². The van der Waals surface area contributed by atoms with E-state index in [0.29, 0.717) is 12.8 Å². The van der Waals surface area contributed by atoms with Crippen molar-refractivity contribution < 1.29 is 49.3 Å². The fourth-order valence-electron chi connectivity index (χ4n) is 10.2. The van der Waals surface area contributed by atoms with Gasteiger partial charge >= 0.3 is 5.97 Å². The van der Waals surface area contributed by atoms with Crippen molar-refractivity contribution in [3.8, 4) is 0 Å². The van der Waals surface area contributed by atoms with Gasteiger partial charge in [0.1, 0.15) is 24.4 Å². The molecule has 8 unspecified atom stereocenters. The van der Waals surface area contributed by atoms with Crippen LogP contribution in [0.25, 0.3) is 0 Å². The standard InChI is InChI=1S/C70H125NO10/c1-4-7-10-13-16-19-22-25-27-29-31-32-33-35-37-40-43-46-49-52-55-58-65(75)81-68-67(77)66(76)64(59-72)80-70(68)79-60-61(62(73)56-53-50-47-44-41-38-24-21-18-15-12-9-6-3)71-69(78)63(74)57-54-51-48-45-42-39-36-34-30-28-26-23-20-17-14-11-8-5-2/h16-17,19-20,25-28,34,36,53,56,61-64,66-68,70,72-74,76-77H,4-15,18,21-24,29-33,35,37-52,54-55,57-60H2,1-3H3,(H,71,78)/b19-16-,20-17-,27-25-,28-26-,36-34-,56-53+. The Balaban J connectivity index is 2.65. The summed E-state index contributed by atoms with van der Waals surface area (Å²) in [5.74, 6) is -1.21. The van der Waals surface area contributed by atoms with Gasteiger partial charge in [0.15, 0.2) is 12.4 Å². The molecule has 1 aliphatic heterocycles. The van der Waals surface area contributed by atoms with Crippen LogP contribution in [0.1, 0.15) is 297 Å². The first-order valence-electron chi connectivity index (χ1n) is 33.7. The normalized spacial score (nSPS) is 19.1. The maximum Gasteiger partial charge on any atom is 0.306 e. The number of allylic oxidation sites excluding steroid dienone is 11. The number of amides is 1. The van der Waals surface area contributed by atoms with Crippen LogP contribution >= 0.6 is 0 Å². The summed E-state index contributed by atoms with van der Waals surface area (Å²) in [5.41, 5.74) is 0. The minimum Gasteiger partial charge on any atom is -0.454 e. The third kappa shape index (κ3) is 45.2. The molecule has 1 fully saturated rings. The summed E-state index contributed by atoms with van der Waals surface area (Å²) in [6, 6.07) is -1.03. The molecule has 0 aromatic heterocycles. The second-order valence-corrected chi connectivity index (χ2v) is 23.2. The van der Waals surface area contributed by atoms with Crippen LogP contribution in [0.3, 0.4) is 0 Å². The molecule has 0 aliphatic carbocycles. The van der Waals surface area contributed by atoms with Crippen LogP contribution in [0.15, 0.2) is 72.9 Å². The molecule has 11 heteroatoms. The molecule has 1 aliphatic rings. The summed E-state index contributed by atoms with van der Waals surface area (Å²) in [6.45, 7) is 5.75. The highest BCUT2D eigenvalue weighted by molar-refractivity contribution is 5.80. The monoisotopic (exact) mass is 1140 g/mol. The van der Waals surface area contributed by atoms with Gasteiger partial charge in [-0.05, 0) is 96.3 Å². The number of carbonyl (C=O) groups is 2. The van der Waals surface area contributed by atoms with Crippen LogP contribution in [0.4, 0.5) is 0 Å². The van der Waals surface area contributed by atoms with E-state index in [2.05, 4.69) is 86.8 Å². The van der Waals surface area contributed by atoms with E-state index in [1.165, 1.54) is 161 Å². The first-order valence-corrected chi connectivity index (χ1v) is 33.7. The lowest BCUT2D eigenvalue weighted by molar-refractivity contribution is -0.305. The first kappa shape index (κ1) is 76.1. The summed E-state index contributed by atoms with van der Waals surface area (Å²) in [4.78, 5) is 26.6. The lowest BCUT2D eigenvalue weighted by atomic mass is 9.99. The maximum absolute atomic E-state index is 13.5. The Hall–Kier alpha value is -2.90. The van der Waals surface area contributed by atoms with Crippen LogP contribution in [0, 0.1) is 0 Å². The van der Waals surface area contributed by atoms with E-state index in [9.17, 15) is 35.1 Å². The molecule has 0 aromatic carbocycles. The molecule has 1 heterocycles. The van der Waals surface area contributed by atoms with Crippen LogP contribution in [0.2, 0.25) is 0 Å². The molecule has 0 bridgehead atoms. The van der Waals surface area contributed by atoms with E-state index in [-0.39, 0.29) is 19.4 Å². The van der Waals surface area contributed by atoms with Gasteiger partial charge in [0.2, 0.25) is 5.91 Å². The van der Waals surface area contributed by atoms with Gasteiger partial charge in [0.25, 0.3) is 0 Å². The van der Waals surface area contributed by atoms with E-state index >= 15 is 0 Å². The summed E-state index contributed by atoms with van der Waals surface area (Å²) in [7, 11) is 0. The Labute approximate surface area is 496 Å². The minimum absolute atomic E-state index is 0.118. The van der Waals surface area contributed by atoms with Gasteiger partial charge in [-0.1, -0.05) is 267 Å². The third-order valence-corrected chi connectivity index (χ3v) is 15.6. The smallest absolute Gasteiger partial charge is 0.306 e. The molecule has 6 N–H and O–H groups in total. The lowest BCUT2D eigenvalue weighted by Gasteiger charge is -2.41. The summed E-state index contributed by atoms with van der Waals surface area (Å²) in [6.07, 6.45) is 63.5. The predicted molar refractivity (Wildman–Crippen MR) is 338 cm³/mol. The van der Waals surface area contributed by atoms with Crippen molar-refractivity contribution in [2.24, 2.45) is 0 Å². The quantitative estimate of drug-likeness (QED) is 0.0195. The zero-order valence-electron chi connectivity index (χ0n) is 52.1. The van der Waals surface area contributed by atoms with Crippen LogP contribution in [-0.2, 0) is 23.8 Å². The summed E-state index contributed by atoms with van der Waals surface area (Å²) in [5, 5.41) is 57.1. The molecule has 0 spiro atoms. The third-order valence-electron chi connectivity index (χ3n) is 15.6. The highest BCUT2D eigenvalue weighted by atomic mass is 16.7. The van der Waals surface area contributed by atoms with Gasteiger partial charge in [0, 0.05) is 6.42 Å². The van der Waals surface area contributed by atoms with Gasteiger partial charge in [-0.15, -0.1) is 0 Å². The number of rotatable bonds is 57. The van der Waals surface area contributed by atoms with Gasteiger partial charge in [-0.2, -0.15) is 0 Å². The fraction of sp³-hybridized carbons (Fsp3) is 0.800. The number of carbonyl (C=O) groups excluding carboxylic acids is 2. The zero-order valence-corrected chi connectivity index (χ0v) is 52.1. The Morgan fingerprint density at radius 3 is 1.30 bits per heavy atom. The molecule has 1 rings (SSSR count). The molecule has 0 aromatic rings. The van der Waals surface area contributed by atoms with Crippen LogP contribution in [-0.4, -0.2) is 99.6 Å². The van der Waals surface area contributed by atoms with Crippen LogP contribution < -0.4 is 5.32 Å². The Kier molecular flexibility index (Phi) is 54.1. The highest BCUT2D eigenvalue weighted by Crippen LogP contribution is 2.26. The average molecular weight is 1140 g/mol. The number of ether oxygens (including phenoxy) is 3. The number of nitrogens with one attached hydrogen (secondary N) is 1. The molecule has 81 heavy (non-hydrogen) atoms. The molecule has 470 valence electrons. The molecule has 0 saturated carbocycles. The SMILES string of the molecule is CCCCC/C=C\C/C=C\C/C=C\CCCCCCCC(O)C(=O)NC(COC1OC(CO)C(O)C(O)C1OC(=O)CCCCCCCCCCCCC/C=C\C/C=C\CCCCC)C(O)/C=C/CCCCCCCCCCCCC. The number of aliphatic hydroxyl groups is 5. The van der Waals surface area contributed by atoms with Gasteiger partial charge in [0.05, 0.1) is 25.4 Å². The van der Waals surface area contributed by atoms with Crippen molar-refractivity contribution in [1.29, 1.82) is 0 Å². The lowest BCUT2D eigenvalue weighted by Crippen LogP contribution is -2.61. The predicted octanol–water partition coefficient (Wildman–Crippen LogP) is 16.7. The fourth-order valence-corrected chi connectivity index (χ4v) is 10.2. The number of aliphatic hydroxyl groups excluding tert-OH is 5. The van der Waals surface area contributed by atoms with Crippen molar-refractivity contribution in [3.05, 3.63) is 72.9 Å². The van der Waals surface area contributed by atoms with E-state index in [1.807, 2.05) is 6.08 Å². The topological polar surface area (TPSA) is 175 Å². The van der Waals surface area contributed by atoms with Crippen LogP contribution in [0.5, 0.6) is 0 Å². The number of unbranched alkanes of at least 4 members (excludes halogenated alkanes) is 33. The molecule has 0 radical (unpaired) electrons. The number of esters is 1. The van der Waals surface area contributed by atoms with Crippen molar-refractivity contribution in [2.45, 2.75) is 346 Å². The number of hydrogen-bond donors (Lipinski definition) is 6. The average Bonchev–Trinajstić information content (AvgIpc) is 3.46. The zero-order chi connectivity index (χ0) is 58.9. The Morgan fingerprint density at radius 2 is 0.852 bits per heavy atom. The summed E-state index contributed by atoms with van der Waals surface area (Å²) >= 11 is 0. The van der Waals surface area contributed by atoms with E-state index in [4.69, 9.17) is 14.2 Å². The molecular formula is C70H125NO10. The molecule has 1 saturated heterocycles. The van der Waals surface area contributed by atoms with E-state index in [0.717, 1.165) is 89.9 Å². The Morgan fingerprint density at radius 1 is 0.481 bits per heavy atom. The Bertz CT molecular complexity index is 1590. The van der Waals surface area contributed by atoms with Gasteiger partial charge < -0.3 is 45.1 Å². The van der Waals surface area contributed by atoms with E-state index in [1.54, 1.807) is 6.08 Å². The molecular weight excluding hydrogens is 1010 g/mol. The molecule has 1 amide bonds. The molecule has 11 nitrogen and oxygen atoms in total. The minimum atomic E-state index is -1.62. The van der Waals surface area contributed by atoms with E-state index < -0.39 is 67.4 Å². The largest absolute Gasteiger partial charge is 0.454 e. The molecule has 8 atom stereocenters. The summed E-state index contributed by atoms with van der Waals surface area (Å²) < 4.78 is 17.7. The number of hydrogen-bond acceptors (Lipinski definition) is 10. The highest BCUT2D eigenvalue weighted by Gasteiger charge is 2.47. The maximum atomic E-state index is 13.5. The second kappa shape index (κ2) is 57.5. The van der Waals surface area contributed by atoms with Gasteiger partial charge in [-0.3, -0.25) is 9.59 Å². The van der Waals surface area contributed by atoms with Gasteiger partial charge in [-0.25, -0.2) is 0 Å². The van der Waals surface area contributed by atoms with Crippen molar-refractivity contribution in [1.82, 2.24) is 5.32 Å². The second-order valence-electron chi connectivity index (χ2n) is 23.2. The van der Waals surface area contributed by atoms with Crippen molar-refractivity contribution in [2.75, 3.05) is 13.2 Å². The van der Waals surface area contributed by atoms with Crippen molar-refractivity contribution in [3.63, 3.8) is 0 Å². The first-order chi connectivity index (χ1) is 39.7.